The summed E-state index contributed by atoms with van der Waals surface area (Å²) in [5.41, 5.74) is 1.71. The zero-order chi connectivity index (χ0) is 10.7. The maximum atomic E-state index is 13.3. The maximum absolute atomic E-state index is 13.3. The van der Waals surface area contributed by atoms with Crippen molar-refractivity contribution in [3.8, 4) is 6.07 Å². The van der Waals surface area contributed by atoms with Crippen molar-refractivity contribution in [2.45, 2.75) is 6.42 Å². The van der Waals surface area contributed by atoms with Gasteiger partial charge in [-0.15, -0.1) is 0 Å². The van der Waals surface area contributed by atoms with E-state index in [2.05, 4.69) is 10.3 Å². The lowest BCUT2D eigenvalue weighted by molar-refractivity contribution is 0.615. The molecule has 1 aromatic heterocycles. The Bertz CT molecular complexity index is 446. The lowest BCUT2D eigenvalue weighted by atomic mass is 10.0. The van der Waals surface area contributed by atoms with Crippen molar-refractivity contribution in [1.82, 2.24) is 10.3 Å². The van der Waals surface area contributed by atoms with E-state index in [9.17, 15) is 4.39 Å². The normalized spacial score (nSPS) is 15.6. The fourth-order valence-corrected chi connectivity index (χ4v) is 1.58. The number of nitriles is 1. The molecule has 0 saturated carbocycles. The third kappa shape index (κ3) is 2.03. The number of nitrogens with zero attached hydrogens (tertiary/aromatic N) is 2. The maximum Gasteiger partial charge on any atom is 0.176 e. The van der Waals surface area contributed by atoms with E-state index < -0.39 is 5.82 Å². The topological polar surface area (TPSA) is 48.7 Å². The Labute approximate surface area is 87.3 Å². The van der Waals surface area contributed by atoms with Gasteiger partial charge in [-0.05, 0) is 30.2 Å². The first-order valence-electron chi connectivity index (χ1n) is 4.77. The minimum absolute atomic E-state index is 0.145. The molecule has 0 aliphatic carbocycles. The van der Waals surface area contributed by atoms with Crippen LogP contribution in [-0.2, 0) is 0 Å². The number of pyridine rings is 1. The number of nitrogens with one attached hydrogen (secondary N) is 1. The molecule has 1 aromatic rings. The second kappa shape index (κ2) is 4.20. The van der Waals surface area contributed by atoms with Gasteiger partial charge in [-0.2, -0.15) is 5.26 Å². The molecule has 1 N–H and O–H groups in total. The third-order valence-electron chi connectivity index (χ3n) is 2.38. The Hall–Kier alpha value is -1.73. The highest BCUT2D eigenvalue weighted by Crippen LogP contribution is 2.20. The summed E-state index contributed by atoms with van der Waals surface area (Å²) < 4.78 is 13.3. The van der Waals surface area contributed by atoms with Gasteiger partial charge in [0.1, 0.15) is 6.07 Å². The molecule has 0 saturated heterocycles. The van der Waals surface area contributed by atoms with Gasteiger partial charge >= 0.3 is 0 Å². The van der Waals surface area contributed by atoms with E-state index in [0.29, 0.717) is 0 Å². The van der Waals surface area contributed by atoms with Crippen LogP contribution in [0.25, 0.3) is 5.57 Å². The van der Waals surface area contributed by atoms with E-state index in [-0.39, 0.29) is 5.69 Å². The minimum atomic E-state index is -0.547. The first-order valence-corrected chi connectivity index (χ1v) is 4.77. The average Bonchev–Trinajstić information content (AvgIpc) is 2.30. The van der Waals surface area contributed by atoms with Crippen LogP contribution in [0.2, 0.25) is 0 Å². The van der Waals surface area contributed by atoms with Gasteiger partial charge in [0, 0.05) is 12.7 Å². The van der Waals surface area contributed by atoms with E-state index in [1.54, 1.807) is 12.3 Å². The second-order valence-corrected chi connectivity index (χ2v) is 3.35. The van der Waals surface area contributed by atoms with E-state index >= 15 is 0 Å². The molecule has 0 atom stereocenters. The van der Waals surface area contributed by atoms with Gasteiger partial charge in [-0.1, -0.05) is 6.08 Å². The van der Waals surface area contributed by atoms with Gasteiger partial charge in [0.2, 0.25) is 0 Å². The third-order valence-corrected chi connectivity index (χ3v) is 2.38. The first-order chi connectivity index (χ1) is 7.31. The smallest absolute Gasteiger partial charge is 0.176 e. The average molecular weight is 203 g/mol. The lowest BCUT2D eigenvalue weighted by Crippen LogP contribution is -2.20. The Morgan fingerprint density at radius 2 is 2.40 bits per heavy atom. The molecule has 3 nitrogen and oxygen atoms in total. The summed E-state index contributed by atoms with van der Waals surface area (Å²) in [7, 11) is 0. The molecule has 2 heterocycles. The lowest BCUT2D eigenvalue weighted by Gasteiger charge is -2.13. The quantitative estimate of drug-likeness (QED) is 0.751. The van der Waals surface area contributed by atoms with E-state index in [1.165, 1.54) is 6.07 Å². The zero-order valence-corrected chi connectivity index (χ0v) is 8.13. The minimum Gasteiger partial charge on any atom is -0.313 e. The van der Waals surface area contributed by atoms with Crippen molar-refractivity contribution < 1.29 is 4.39 Å². The van der Waals surface area contributed by atoms with Crippen LogP contribution in [-0.4, -0.2) is 18.1 Å². The summed E-state index contributed by atoms with van der Waals surface area (Å²) in [6.45, 7) is 1.70. The van der Waals surface area contributed by atoms with Crippen molar-refractivity contribution in [3.05, 3.63) is 35.4 Å². The van der Waals surface area contributed by atoms with Crippen LogP contribution in [0.5, 0.6) is 0 Å². The number of rotatable bonds is 1. The molecule has 0 bridgehead atoms. The van der Waals surface area contributed by atoms with Crippen molar-refractivity contribution >= 4 is 5.57 Å². The van der Waals surface area contributed by atoms with Gasteiger partial charge in [-0.25, -0.2) is 9.37 Å². The number of hydrogen-bond acceptors (Lipinski definition) is 3. The summed E-state index contributed by atoms with van der Waals surface area (Å²) in [6.07, 6.45) is 4.44. The Morgan fingerprint density at radius 1 is 1.53 bits per heavy atom. The van der Waals surface area contributed by atoms with Gasteiger partial charge < -0.3 is 5.32 Å². The summed E-state index contributed by atoms with van der Waals surface area (Å²) >= 11 is 0. The Balaban J connectivity index is 2.34. The Morgan fingerprint density at radius 3 is 3.00 bits per heavy atom. The molecule has 76 valence electrons. The van der Waals surface area contributed by atoms with Crippen LogP contribution in [0.4, 0.5) is 4.39 Å². The highest BCUT2D eigenvalue weighted by Gasteiger charge is 2.09. The molecule has 0 fully saturated rings. The van der Waals surface area contributed by atoms with Crippen LogP contribution in [0.15, 0.2) is 18.3 Å². The molecule has 1 aliphatic rings. The SMILES string of the molecule is N#Cc1ncc(C2=CCNCC2)cc1F. The monoisotopic (exact) mass is 203 g/mol. The molecule has 0 aromatic carbocycles. The molecular formula is C11H10FN3. The fourth-order valence-electron chi connectivity index (χ4n) is 1.58. The van der Waals surface area contributed by atoms with Crippen molar-refractivity contribution in [2.75, 3.05) is 13.1 Å². The van der Waals surface area contributed by atoms with Crippen LogP contribution in [0.3, 0.4) is 0 Å². The molecule has 2 rings (SSSR count). The van der Waals surface area contributed by atoms with Crippen LogP contribution >= 0.6 is 0 Å². The molecule has 15 heavy (non-hydrogen) atoms. The van der Waals surface area contributed by atoms with Gasteiger partial charge in [0.25, 0.3) is 0 Å². The highest BCUT2D eigenvalue weighted by molar-refractivity contribution is 5.66. The number of hydrogen-bond donors (Lipinski definition) is 1. The predicted octanol–water partition coefficient (Wildman–Crippen LogP) is 1.47. The highest BCUT2D eigenvalue weighted by atomic mass is 19.1. The van der Waals surface area contributed by atoms with E-state index in [4.69, 9.17) is 5.26 Å². The molecule has 0 unspecified atom stereocenters. The van der Waals surface area contributed by atoms with Crippen LogP contribution in [0, 0.1) is 17.1 Å². The predicted molar refractivity (Wildman–Crippen MR) is 54.4 cm³/mol. The second-order valence-electron chi connectivity index (χ2n) is 3.35. The zero-order valence-electron chi connectivity index (χ0n) is 8.13. The summed E-state index contributed by atoms with van der Waals surface area (Å²) in [6, 6.07) is 3.09. The largest absolute Gasteiger partial charge is 0.313 e. The van der Waals surface area contributed by atoms with Crippen LogP contribution < -0.4 is 5.32 Å². The molecule has 0 radical (unpaired) electrons. The summed E-state index contributed by atoms with van der Waals surface area (Å²) in [5, 5.41) is 11.7. The molecule has 1 aliphatic heterocycles. The van der Waals surface area contributed by atoms with Gasteiger partial charge in [0.15, 0.2) is 11.5 Å². The first kappa shape index (κ1) is 9.81. The van der Waals surface area contributed by atoms with Gasteiger partial charge in [0.05, 0.1) is 0 Å². The Kier molecular flexibility index (Phi) is 2.75. The molecule has 4 heteroatoms. The molecule has 0 amide bonds. The molecular weight excluding hydrogens is 193 g/mol. The summed E-state index contributed by atoms with van der Waals surface area (Å²) in [4.78, 5) is 3.77. The van der Waals surface area contributed by atoms with E-state index in [0.717, 1.165) is 30.6 Å². The standard InChI is InChI=1S/C11H10FN3/c12-10-5-9(7-15-11(10)6-13)8-1-3-14-4-2-8/h1,5,7,14H,2-4H2. The van der Waals surface area contributed by atoms with Crippen molar-refractivity contribution in [1.29, 1.82) is 5.26 Å². The van der Waals surface area contributed by atoms with Crippen LogP contribution in [0.1, 0.15) is 17.7 Å². The fraction of sp³-hybridized carbons (Fsp3) is 0.273. The number of halogens is 1. The number of aromatic nitrogens is 1. The van der Waals surface area contributed by atoms with E-state index in [1.807, 2.05) is 6.08 Å². The van der Waals surface area contributed by atoms with Crippen molar-refractivity contribution in [3.63, 3.8) is 0 Å². The van der Waals surface area contributed by atoms with Gasteiger partial charge in [-0.3, -0.25) is 0 Å². The molecule has 0 spiro atoms. The summed E-state index contributed by atoms with van der Waals surface area (Å²) in [5.74, 6) is -0.547. The van der Waals surface area contributed by atoms with Crippen molar-refractivity contribution in [2.24, 2.45) is 0 Å².